The molecule has 0 aromatic heterocycles. The molecule has 0 saturated carbocycles. The molecule has 404 valence electrons. The molecule has 0 saturated heterocycles. The Morgan fingerprint density at radius 1 is 0.300 bits per heavy atom. The zero-order valence-corrected chi connectivity index (χ0v) is 46.3. The van der Waals surface area contributed by atoms with Crippen LogP contribution in [0.4, 0.5) is 0 Å². The van der Waals surface area contributed by atoms with Gasteiger partial charge in [0.1, 0.15) is 13.2 Å². The molecule has 0 rings (SSSR count). The van der Waals surface area contributed by atoms with Crippen molar-refractivity contribution in [1.82, 2.24) is 0 Å². The van der Waals surface area contributed by atoms with Crippen molar-refractivity contribution in [3.05, 3.63) is 72.9 Å². The molecule has 0 radical (unpaired) electrons. The van der Waals surface area contributed by atoms with Crippen LogP contribution in [0.3, 0.4) is 0 Å². The average Bonchev–Trinajstić information content (AvgIpc) is 3.36. The Bertz CT molecular complexity index is 1310. The highest BCUT2D eigenvalue weighted by Gasteiger charge is 2.19. The summed E-state index contributed by atoms with van der Waals surface area (Å²) in [6, 6.07) is 0. The molecule has 0 aromatic rings. The number of allylic oxidation sites excluding steroid dienone is 12. The molecular weight excluding hydrogens is 865 g/mol. The van der Waals surface area contributed by atoms with E-state index in [-0.39, 0.29) is 31.1 Å². The van der Waals surface area contributed by atoms with E-state index >= 15 is 0 Å². The molecule has 0 amide bonds. The van der Waals surface area contributed by atoms with E-state index in [9.17, 15) is 14.4 Å². The second-order valence-electron chi connectivity index (χ2n) is 19.9. The van der Waals surface area contributed by atoms with Crippen LogP contribution in [-0.2, 0) is 28.6 Å². The molecule has 0 aliphatic carbocycles. The van der Waals surface area contributed by atoms with Gasteiger partial charge in [0.2, 0.25) is 0 Å². The SMILES string of the molecule is CC/C=C\C/C=C\C/C=C\C/C=C\C/C=C\CCCCCCCCCCCCCCCC(=O)OCC(COC(=O)CCCCCCCCCCCCC)OC(=O)CCCCCCC/C=C\CCCCC. The minimum absolute atomic E-state index is 0.0751. The van der Waals surface area contributed by atoms with Gasteiger partial charge in [-0.15, -0.1) is 0 Å². The van der Waals surface area contributed by atoms with E-state index in [0.717, 1.165) is 103 Å². The van der Waals surface area contributed by atoms with E-state index in [1.807, 2.05) is 0 Å². The fraction of sp³-hybridized carbons (Fsp3) is 0.766. The van der Waals surface area contributed by atoms with Crippen LogP contribution in [0.15, 0.2) is 72.9 Å². The van der Waals surface area contributed by atoms with Gasteiger partial charge in [-0.25, -0.2) is 0 Å². The number of hydrogen-bond acceptors (Lipinski definition) is 6. The van der Waals surface area contributed by atoms with Crippen molar-refractivity contribution in [1.29, 1.82) is 0 Å². The lowest BCUT2D eigenvalue weighted by Crippen LogP contribution is -2.30. The van der Waals surface area contributed by atoms with Crippen molar-refractivity contribution < 1.29 is 28.6 Å². The Labute approximate surface area is 433 Å². The van der Waals surface area contributed by atoms with Crippen molar-refractivity contribution in [2.24, 2.45) is 0 Å². The molecule has 0 aromatic carbocycles. The molecule has 1 atom stereocenters. The molecule has 0 spiro atoms. The summed E-state index contributed by atoms with van der Waals surface area (Å²) in [5.41, 5.74) is 0. The smallest absolute Gasteiger partial charge is 0.306 e. The van der Waals surface area contributed by atoms with Crippen molar-refractivity contribution in [3.63, 3.8) is 0 Å². The molecule has 0 fully saturated rings. The van der Waals surface area contributed by atoms with Gasteiger partial charge in [-0.3, -0.25) is 14.4 Å². The third-order valence-electron chi connectivity index (χ3n) is 12.9. The van der Waals surface area contributed by atoms with Gasteiger partial charge in [-0.05, 0) is 89.9 Å². The third-order valence-corrected chi connectivity index (χ3v) is 12.9. The van der Waals surface area contributed by atoms with Gasteiger partial charge >= 0.3 is 17.9 Å². The number of unbranched alkanes of at least 4 members (excludes halogenated alkanes) is 31. The highest BCUT2D eigenvalue weighted by molar-refractivity contribution is 5.71. The normalized spacial score (nSPS) is 12.6. The quantitative estimate of drug-likeness (QED) is 0.0261. The Kier molecular flexibility index (Phi) is 55.8. The summed E-state index contributed by atoms with van der Waals surface area (Å²) in [5.74, 6) is -0.877. The summed E-state index contributed by atoms with van der Waals surface area (Å²) in [4.78, 5) is 38.1. The largest absolute Gasteiger partial charge is 0.462 e. The van der Waals surface area contributed by atoms with Gasteiger partial charge in [0.15, 0.2) is 6.10 Å². The van der Waals surface area contributed by atoms with Crippen molar-refractivity contribution in [2.75, 3.05) is 13.2 Å². The number of carbonyl (C=O) groups is 3. The zero-order valence-electron chi connectivity index (χ0n) is 46.3. The van der Waals surface area contributed by atoms with Gasteiger partial charge in [0, 0.05) is 19.3 Å². The zero-order chi connectivity index (χ0) is 50.7. The third kappa shape index (κ3) is 55.8. The molecule has 0 heterocycles. The first-order chi connectivity index (χ1) is 34.5. The fourth-order valence-electron chi connectivity index (χ4n) is 8.47. The van der Waals surface area contributed by atoms with Gasteiger partial charge in [0.05, 0.1) is 0 Å². The number of esters is 3. The maximum atomic E-state index is 12.8. The maximum absolute atomic E-state index is 12.8. The first-order valence-corrected chi connectivity index (χ1v) is 29.9. The standard InChI is InChI=1S/C64H112O6/c1-4-7-10-13-16-19-22-24-25-26-27-28-29-30-31-32-33-34-35-36-37-38-39-40-43-45-48-51-54-57-63(66)69-60-61(59-68-62(65)56-53-50-47-44-41-21-18-15-12-9-6-3)70-64(67)58-55-52-49-46-42-23-20-17-14-11-8-5-2/h7,10,16-17,19-20,24-25,27-28,30-31,61H,4-6,8-9,11-15,18,21-23,26,29,32-60H2,1-3H3/b10-7-,19-16-,20-17-,25-24-,28-27-,31-30-. The van der Waals surface area contributed by atoms with Crippen LogP contribution in [-0.4, -0.2) is 37.2 Å². The summed E-state index contributed by atoms with van der Waals surface area (Å²) in [6.07, 6.45) is 74.8. The van der Waals surface area contributed by atoms with Gasteiger partial charge in [-0.1, -0.05) is 261 Å². The second kappa shape index (κ2) is 58.4. The summed E-state index contributed by atoms with van der Waals surface area (Å²) < 4.78 is 16.8. The van der Waals surface area contributed by atoms with Crippen LogP contribution in [0.2, 0.25) is 0 Å². The molecule has 0 bridgehead atoms. The molecule has 1 unspecified atom stereocenters. The molecule has 0 N–H and O–H groups in total. The minimum atomic E-state index is -0.776. The number of rotatable bonds is 54. The summed E-state index contributed by atoms with van der Waals surface area (Å²) in [6.45, 7) is 6.51. The fourth-order valence-corrected chi connectivity index (χ4v) is 8.47. The highest BCUT2D eigenvalue weighted by atomic mass is 16.6. The molecule has 0 aliphatic rings. The monoisotopic (exact) mass is 977 g/mol. The van der Waals surface area contributed by atoms with E-state index in [1.54, 1.807) is 0 Å². The summed E-state index contributed by atoms with van der Waals surface area (Å²) in [5, 5.41) is 0. The molecule has 0 aliphatic heterocycles. The number of carbonyl (C=O) groups excluding carboxylic acids is 3. The highest BCUT2D eigenvalue weighted by Crippen LogP contribution is 2.16. The Hall–Kier alpha value is -3.15. The number of hydrogen-bond donors (Lipinski definition) is 0. The van der Waals surface area contributed by atoms with Crippen molar-refractivity contribution in [3.8, 4) is 0 Å². The van der Waals surface area contributed by atoms with E-state index in [4.69, 9.17) is 14.2 Å². The average molecular weight is 978 g/mol. The van der Waals surface area contributed by atoms with Crippen LogP contribution < -0.4 is 0 Å². The minimum Gasteiger partial charge on any atom is -0.462 e. The first kappa shape index (κ1) is 66.9. The van der Waals surface area contributed by atoms with Crippen molar-refractivity contribution >= 4 is 17.9 Å². The topological polar surface area (TPSA) is 78.9 Å². The van der Waals surface area contributed by atoms with E-state index in [1.165, 1.54) is 154 Å². The summed E-state index contributed by atoms with van der Waals surface area (Å²) in [7, 11) is 0. The van der Waals surface area contributed by atoms with E-state index in [2.05, 4.69) is 93.7 Å². The van der Waals surface area contributed by atoms with Crippen LogP contribution in [0.5, 0.6) is 0 Å². The maximum Gasteiger partial charge on any atom is 0.306 e. The van der Waals surface area contributed by atoms with Crippen LogP contribution in [0.1, 0.15) is 297 Å². The van der Waals surface area contributed by atoms with E-state index in [0.29, 0.717) is 19.3 Å². The lowest BCUT2D eigenvalue weighted by Gasteiger charge is -2.18. The molecule has 6 heteroatoms. The summed E-state index contributed by atoms with van der Waals surface area (Å²) >= 11 is 0. The van der Waals surface area contributed by atoms with Gasteiger partial charge < -0.3 is 14.2 Å². The lowest BCUT2D eigenvalue weighted by molar-refractivity contribution is -0.167. The number of ether oxygens (including phenoxy) is 3. The Morgan fingerprint density at radius 3 is 0.914 bits per heavy atom. The lowest BCUT2D eigenvalue weighted by atomic mass is 10.0. The predicted octanol–water partition coefficient (Wildman–Crippen LogP) is 20.2. The van der Waals surface area contributed by atoms with E-state index < -0.39 is 6.10 Å². The predicted molar refractivity (Wildman–Crippen MR) is 302 cm³/mol. The molecule has 6 nitrogen and oxygen atoms in total. The van der Waals surface area contributed by atoms with Crippen LogP contribution >= 0.6 is 0 Å². The second-order valence-corrected chi connectivity index (χ2v) is 19.9. The van der Waals surface area contributed by atoms with Gasteiger partial charge in [-0.2, -0.15) is 0 Å². The Morgan fingerprint density at radius 2 is 0.557 bits per heavy atom. The first-order valence-electron chi connectivity index (χ1n) is 29.9. The van der Waals surface area contributed by atoms with Crippen molar-refractivity contribution in [2.45, 2.75) is 303 Å². The Balaban J connectivity index is 4.15. The van der Waals surface area contributed by atoms with Crippen LogP contribution in [0, 0.1) is 0 Å². The van der Waals surface area contributed by atoms with Gasteiger partial charge in [0.25, 0.3) is 0 Å². The molecule has 70 heavy (non-hydrogen) atoms. The van der Waals surface area contributed by atoms with Crippen LogP contribution in [0.25, 0.3) is 0 Å². The molecular formula is C64H112O6.